The molecule has 0 aliphatic heterocycles. The Morgan fingerprint density at radius 2 is 1.00 bits per heavy atom. The highest BCUT2D eigenvalue weighted by molar-refractivity contribution is 6.20. The van der Waals surface area contributed by atoms with Gasteiger partial charge in [0.2, 0.25) is 5.95 Å². The predicted octanol–water partition coefficient (Wildman–Crippen LogP) is 11.0. The summed E-state index contributed by atoms with van der Waals surface area (Å²) in [7, 11) is 0. The van der Waals surface area contributed by atoms with Crippen molar-refractivity contribution >= 4 is 54.5 Å². The molecule has 7 aromatic carbocycles. The van der Waals surface area contributed by atoms with Gasteiger partial charge in [-0.1, -0.05) is 133 Å². The molecular weight excluding hydrogens is 589 g/mol. The molecule has 0 N–H and O–H groups in total. The molecule has 3 aromatic heterocycles. The first-order valence-corrected chi connectivity index (χ1v) is 16.0. The van der Waals surface area contributed by atoms with Crippen molar-refractivity contribution in [3.8, 4) is 39.9 Å². The minimum atomic E-state index is 0.550. The van der Waals surface area contributed by atoms with Gasteiger partial charge in [-0.15, -0.1) is 0 Å². The maximum absolute atomic E-state index is 6.67. The molecule has 224 valence electrons. The Morgan fingerprint density at radius 1 is 0.396 bits per heavy atom. The fraction of sp³-hybridized carbons (Fsp3) is 0. The summed E-state index contributed by atoms with van der Waals surface area (Å²) in [5.41, 5.74) is 7.82. The third-order valence-electron chi connectivity index (χ3n) is 9.24. The van der Waals surface area contributed by atoms with Crippen LogP contribution in [0.2, 0.25) is 0 Å². The van der Waals surface area contributed by atoms with E-state index >= 15 is 0 Å². The molecule has 10 aromatic rings. The molecular formula is C43H26N4O. The van der Waals surface area contributed by atoms with Crippen molar-refractivity contribution in [1.29, 1.82) is 0 Å². The van der Waals surface area contributed by atoms with E-state index in [-0.39, 0.29) is 0 Å². The van der Waals surface area contributed by atoms with Crippen molar-refractivity contribution in [3.63, 3.8) is 0 Å². The highest BCUT2D eigenvalue weighted by atomic mass is 16.3. The summed E-state index contributed by atoms with van der Waals surface area (Å²) in [5, 5.41) is 6.67. The number of benzene rings is 7. The second-order valence-corrected chi connectivity index (χ2v) is 12.1. The zero-order valence-electron chi connectivity index (χ0n) is 25.7. The van der Waals surface area contributed by atoms with Gasteiger partial charge in [0.1, 0.15) is 11.2 Å². The fourth-order valence-corrected chi connectivity index (χ4v) is 6.94. The Labute approximate surface area is 275 Å². The molecule has 0 aliphatic carbocycles. The molecule has 0 saturated carbocycles. The molecule has 0 amide bonds. The van der Waals surface area contributed by atoms with Crippen molar-refractivity contribution in [3.05, 3.63) is 158 Å². The van der Waals surface area contributed by atoms with Gasteiger partial charge in [-0.3, -0.25) is 4.57 Å². The van der Waals surface area contributed by atoms with E-state index in [1.54, 1.807) is 0 Å². The van der Waals surface area contributed by atoms with Gasteiger partial charge in [0.05, 0.1) is 11.0 Å². The third kappa shape index (κ3) is 4.15. The maximum atomic E-state index is 6.67. The van der Waals surface area contributed by atoms with Gasteiger partial charge in [0, 0.05) is 44.1 Å². The molecule has 48 heavy (non-hydrogen) atoms. The van der Waals surface area contributed by atoms with Crippen LogP contribution >= 0.6 is 0 Å². The monoisotopic (exact) mass is 614 g/mol. The van der Waals surface area contributed by atoms with Crippen LogP contribution in [0.3, 0.4) is 0 Å². The Hall–Kier alpha value is -6.59. The van der Waals surface area contributed by atoms with Crippen LogP contribution < -0.4 is 0 Å². The first-order chi connectivity index (χ1) is 23.8. The number of furan rings is 1. The molecule has 0 aliphatic rings. The summed E-state index contributed by atoms with van der Waals surface area (Å²) in [6.45, 7) is 0. The van der Waals surface area contributed by atoms with Crippen LogP contribution in [0, 0.1) is 0 Å². The smallest absolute Gasteiger partial charge is 0.238 e. The maximum Gasteiger partial charge on any atom is 0.238 e. The van der Waals surface area contributed by atoms with E-state index in [0.717, 1.165) is 76.8 Å². The Balaban J connectivity index is 1.32. The third-order valence-corrected chi connectivity index (χ3v) is 9.24. The van der Waals surface area contributed by atoms with Gasteiger partial charge in [-0.25, -0.2) is 4.98 Å². The largest absolute Gasteiger partial charge is 0.455 e. The quantitative estimate of drug-likeness (QED) is 0.198. The average Bonchev–Trinajstić information content (AvgIpc) is 3.69. The van der Waals surface area contributed by atoms with Gasteiger partial charge in [-0.2, -0.15) is 9.97 Å². The van der Waals surface area contributed by atoms with Crippen molar-refractivity contribution in [2.24, 2.45) is 0 Å². The normalized spacial score (nSPS) is 11.8. The van der Waals surface area contributed by atoms with Gasteiger partial charge in [0.15, 0.2) is 11.6 Å². The summed E-state index contributed by atoms with van der Waals surface area (Å²) in [6.07, 6.45) is 0. The van der Waals surface area contributed by atoms with Crippen molar-refractivity contribution in [2.45, 2.75) is 0 Å². The number of nitrogens with zero attached hydrogens (tertiary/aromatic N) is 4. The Kier molecular flexibility index (Phi) is 5.81. The van der Waals surface area contributed by atoms with E-state index < -0.39 is 0 Å². The second kappa shape index (κ2) is 10.5. The number of rotatable bonds is 4. The summed E-state index contributed by atoms with van der Waals surface area (Å²) < 4.78 is 8.84. The number of aromatic nitrogens is 4. The molecule has 0 radical (unpaired) electrons. The summed E-state index contributed by atoms with van der Waals surface area (Å²) in [6, 6.07) is 54.5. The van der Waals surface area contributed by atoms with Crippen molar-refractivity contribution in [2.75, 3.05) is 0 Å². The first kappa shape index (κ1) is 26.6. The van der Waals surface area contributed by atoms with Gasteiger partial charge in [0.25, 0.3) is 0 Å². The molecule has 0 unspecified atom stereocenters. The summed E-state index contributed by atoms with van der Waals surface area (Å²) in [5.74, 6) is 1.78. The lowest BCUT2D eigenvalue weighted by atomic mass is 10.0. The van der Waals surface area contributed by atoms with Crippen LogP contribution in [0.4, 0.5) is 0 Å². The van der Waals surface area contributed by atoms with E-state index in [4.69, 9.17) is 19.4 Å². The molecule has 0 fully saturated rings. The minimum Gasteiger partial charge on any atom is -0.455 e. The fourth-order valence-electron chi connectivity index (χ4n) is 6.94. The predicted molar refractivity (Wildman–Crippen MR) is 195 cm³/mol. The first-order valence-electron chi connectivity index (χ1n) is 16.0. The van der Waals surface area contributed by atoms with Crippen molar-refractivity contribution in [1.82, 2.24) is 19.5 Å². The Morgan fingerprint density at radius 3 is 1.71 bits per heavy atom. The highest BCUT2D eigenvalue weighted by Crippen LogP contribution is 2.41. The lowest BCUT2D eigenvalue weighted by Gasteiger charge is -2.11. The van der Waals surface area contributed by atoms with E-state index in [9.17, 15) is 0 Å². The lowest BCUT2D eigenvalue weighted by molar-refractivity contribution is 0.673. The molecule has 5 heteroatoms. The van der Waals surface area contributed by atoms with Crippen LogP contribution in [-0.4, -0.2) is 19.5 Å². The van der Waals surface area contributed by atoms with Crippen LogP contribution in [0.15, 0.2) is 162 Å². The highest BCUT2D eigenvalue weighted by Gasteiger charge is 2.21. The van der Waals surface area contributed by atoms with Gasteiger partial charge >= 0.3 is 0 Å². The molecule has 0 bridgehead atoms. The van der Waals surface area contributed by atoms with Crippen molar-refractivity contribution < 1.29 is 4.42 Å². The van der Waals surface area contributed by atoms with E-state index in [2.05, 4.69) is 95.6 Å². The molecule has 0 atom stereocenters. The average molecular weight is 615 g/mol. The zero-order chi connectivity index (χ0) is 31.6. The molecule has 10 rings (SSSR count). The molecule has 5 nitrogen and oxygen atoms in total. The number of hydrogen-bond donors (Lipinski definition) is 0. The zero-order valence-corrected chi connectivity index (χ0v) is 25.7. The second-order valence-electron chi connectivity index (χ2n) is 12.1. The minimum absolute atomic E-state index is 0.550. The molecule has 0 spiro atoms. The van der Waals surface area contributed by atoms with E-state index in [0.29, 0.717) is 17.6 Å². The number of hydrogen-bond acceptors (Lipinski definition) is 4. The number of fused-ring (bicyclic) bond motifs is 8. The standard InChI is InChI=1S/C43H26N4O/c1-4-12-27(13-5-1)31-21-22-33-35-25-36-34-23-20-28-14-10-11-19-32(28)40(34)48-39(36)26-38(35)47(37(33)24-31)43-45-41(29-15-6-2-7-16-29)44-42(46-43)30-17-8-3-9-18-30/h1-26H. The topological polar surface area (TPSA) is 56.7 Å². The van der Waals surface area contributed by atoms with Gasteiger partial charge in [-0.05, 0) is 34.7 Å². The van der Waals surface area contributed by atoms with E-state index in [1.807, 2.05) is 66.7 Å². The van der Waals surface area contributed by atoms with Crippen LogP contribution in [0.5, 0.6) is 0 Å². The molecule has 0 saturated heterocycles. The summed E-state index contributed by atoms with van der Waals surface area (Å²) in [4.78, 5) is 15.3. The molecule has 3 heterocycles. The van der Waals surface area contributed by atoms with Crippen LogP contribution in [0.1, 0.15) is 0 Å². The Bertz CT molecular complexity index is 2760. The van der Waals surface area contributed by atoms with E-state index in [1.165, 1.54) is 0 Å². The van der Waals surface area contributed by atoms with Crippen LogP contribution in [-0.2, 0) is 0 Å². The SMILES string of the molecule is c1ccc(-c2ccc3c4cc5c(cc4n(-c4nc(-c6ccccc6)nc(-c6ccccc6)n4)c3c2)oc2c3ccccc3ccc52)cc1. The van der Waals surface area contributed by atoms with Crippen LogP contribution in [0.25, 0.3) is 94.4 Å². The van der Waals surface area contributed by atoms with Gasteiger partial charge < -0.3 is 4.42 Å². The lowest BCUT2D eigenvalue weighted by Crippen LogP contribution is -2.06. The summed E-state index contributed by atoms with van der Waals surface area (Å²) >= 11 is 0.